The number of carbonyl (C=O) groups is 1. The van der Waals surface area contributed by atoms with Gasteiger partial charge >= 0.3 is 10.3 Å². The van der Waals surface area contributed by atoms with E-state index >= 15 is 0 Å². The molecule has 0 saturated heterocycles. The van der Waals surface area contributed by atoms with Crippen LogP contribution in [0.1, 0.15) is 39.2 Å². The smallest absolute Gasteiger partial charge is 0.333 e. The number of nitrogens with one attached hydrogen (secondary N) is 1. The first kappa shape index (κ1) is 25.1. The third-order valence-electron chi connectivity index (χ3n) is 5.50. The normalized spacial score (nSPS) is 20.4. The molecule has 1 aromatic carbocycles. The molecule has 4 rings (SSSR count). The standard InChI is InChI=1S/C22H22FIN4O4S2/c23-18-6-14(10-32-34(25,30)31)7-19(18)28-22-17(9-26-12-27-22)21(29)20-8-15(11-33-20)4-13-2-1-3-16(24)5-13/h1-3,5,8-9,11-12,14,18-19H,4,6-7,10H2,(H2,25,30,31)(H,26,27,28)/t14-,18+,19-/m1/s1. The average molecular weight is 616 g/mol. The minimum atomic E-state index is -4.08. The van der Waals surface area contributed by atoms with Gasteiger partial charge in [0, 0.05) is 9.77 Å². The van der Waals surface area contributed by atoms with Gasteiger partial charge in [-0.2, -0.15) is 8.42 Å². The molecule has 2 heterocycles. The number of hydrogen-bond donors (Lipinski definition) is 2. The zero-order valence-electron chi connectivity index (χ0n) is 17.9. The van der Waals surface area contributed by atoms with Gasteiger partial charge in [-0.3, -0.25) is 8.98 Å². The molecular formula is C22H22FIN4O4S2. The molecule has 12 heteroatoms. The number of nitrogens with zero attached hydrogens (tertiary/aromatic N) is 2. The molecule has 0 bridgehead atoms. The first-order chi connectivity index (χ1) is 16.2. The third-order valence-corrected chi connectivity index (χ3v) is 7.62. The van der Waals surface area contributed by atoms with E-state index in [4.69, 9.17) is 5.14 Å². The van der Waals surface area contributed by atoms with E-state index in [1.807, 2.05) is 29.6 Å². The van der Waals surface area contributed by atoms with Crippen molar-refractivity contribution in [1.82, 2.24) is 9.97 Å². The van der Waals surface area contributed by atoms with Crippen molar-refractivity contribution in [3.05, 3.63) is 73.4 Å². The van der Waals surface area contributed by atoms with Crippen LogP contribution < -0.4 is 10.5 Å². The van der Waals surface area contributed by atoms with Crippen LogP contribution in [-0.2, 0) is 20.9 Å². The van der Waals surface area contributed by atoms with Crippen LogP contribution in [0, 0.1) is 9.49 Å². The van der Waals surface area contributed by atoms with Gasteiger partial charge in [0.25, 0.3) is 0 Å². The Hall–Kier alpha value is -2.00. The Balaban J connectivity index is 1.45. The summed E-state index contributed by atoms with van der Waals surface area (Å²) < 4.78 is 42.4. The van der Waals surface area contributed by atoms with Gasteiger partial charge in [0.1, 0.15) is 18.3 Å². The zero-order chi connectivity index (χ0) is 24.3. The fourth-order valence-electron chi connectivity index (χ4n) is 3.95. The van der Waals surface area contributed by atoms with E-state index in [2.05, 4.69) is 48.1 Å². The van der Waals surface area contributed by atoms with E-state index in [0.29, 0.717) is 17.7 Å². The van der Waals surface area contributed by atoms with Gasteiger partial charge in [-0.15, -0.1) is 11.3 Å². The summed E-state index contributed by atoms with van der Waals surface area (Å²) in [6.45, 7) is -0.189. The van der Waals surface area contributed by atoms with Gasteiger partial charge in [-0.05, 0) is 82.5 Å². The molecule has 2 aromatic heterocycles. The average Bonchev–Trinajstić information content (AvgIpc) is 3.38. The summed E-state index contributed by atoms with van der Waals surface area (Å²) in [4.78, 5) is 21.9. The van der Waals surface area contributed by atoms with E-state index in [9.17, 15) is 17.6 Å². The summed E-state index contributed by atoms with van der Waals surface area (Å²) in [6, 6.07) is 9.39. The van der Waals surface area contributed by atoms with Crippen molar-refractivity contribution < 1.29 is 21.8 Å². The van der Waals surface area contributed by atoms with E-state index in [-0.39, 0.29) is 36.1 Å². The van der Waals surface area contributed by atoms with Gasteiger partial charge < -0.3 is 5.32 Å². The molecule has 8 nitrogen and oxygen atoms in total. The van der Waals surface area contributed by atoms with Gasteiger partial charge in [-0.25, -0.2) is 19.5 Å². The van der Waals surface area contributed by atoms with Gasteiger partial charge in [-0.1, -0.05) is 12.1 Å². The number of benzene rings is 1. The molecular weight excluding hydrogens is 594 g/mol. The van der Waals surface area contributed by atoms with Crippen LogP contribution in [0.25, 0.3) is 0 Å². The molecule has 3 N–H and O–H groups in total. The fraction of sp³-hybridized carbons (Fsp3) is 0.318. The largest absolute Gasteiger partial charge is 0.364 e. The highest BCUT2D eigenvalue weighted by Crippen LogP contribution is 2.32. The molecule has 0 unspecified atom stereocenters. The molecule has 1 aliphatic carbocycles. The summed E-state index contributed by atoms with van der Waals surface area (Å²) >= 11 is 3.61. The number of ketones is 1. The molecule has 1 aliphatic rings. The Morgan fingerprint density at radius 1 is 1.29 bits per heavy atom. The lowest BCUT2D eigenvalue weighted by atomic mass is 10.1. The van der Waals surface area contributed by atoms with Gasteiger partial charge in [0.2, 0.25) is 5.78 Å². The Morgan fingerprint density at radius 3 is 2.88 bits per heavy atom. The molecule has 1 saturated carbocycles. The number of alkyl halides is 1. The van der Waals surface area contributed by atoms with Gasteiger partial charge in [0.15, 0.2) is 0 Å². The van der Waals surface area contributed by atoms with Crippen LogP contribution in [0.5, 0.6) is 0 Å². The summed E-state index contributed by atoms with van der Waals surface area (Å²) in [5.41, 5.74) is 2.44. The number of thiophene rings is 1. The SMILES string of the molecule is NS(=O)(=O)OC[C@@H]1C[C@H](F)[C@H](Nc2ncncc2C(=O)c2cc(Cc3cccc(I)c3)cs2)C1. The molecule has 0 spiro atoms. The number of anilines is 1. The number of halogens is 2. The van der Waals surface area contributed by atoms with E-state index in [1.54, 1.807) is 0 Å². The van der Waals surface area contributed by atoms with Crippen LogP contribution >= 0.6 is 33.9 Å². The molecule has 3 atom stereocenters. The number of nitrogens with two attached hydrogens (primary N) is 1. The van der Waals surface area contributed by atoms with Crippen molar-refractivity contribution in [2.24, 2.45) is 11.1 Å². The zero-order valence-corrected chi connectivity index (χ0v) is 21.6. The number of hydrogen-bond acceptors (Lipinski definition) is 8. The minimum absolute atomic E-state index is 0.119. The predicted molar refractivity (Wildman–Crippen MR) is 136 cm³/mol. The molecule has 1 fully saturated rings. The van der Waals surface area contributed by atoms with E-state index < -0.39 is 22.5 Å². The van der Waals surface area contributed by atoms with Crippen molar-refractivity contribution in [3.63, 3.8) is 0 Å². The summed E-state index contributed by atoms with van der Waals surface area (Å²) in [5.74, 6) is -0.328. The molecule has 34 heavy (non-hydrogen) atoms. The molecule has 3 aromatic rings. The van der Waals surface area contributed by atoms with E-state index in [1.165, 1.54) is 23.9 Å². The maximum absolute atomic E-state index is 14.6. The topological polar surface area (TPSA) is 124 Å². The number of rotatable bonds is 9. The Morgan fingerprint density at radius 2 is 2.12 bits per heavy atom. The third kappa shape index (κ3) is 6.56. The summed E-state index contributed by atoms with van der Waals surface area (Å²) in [5, 5.41) is 9.82. The van der Waals surface area contributed by atoms with Crippen LogP contribution in [0.15, 0.2) is 48.2 Å². The Kier molecular flexibility index (Phi) is 7.92. The summed E-state index contributed by atoms with van der Waals surface area (Å²) in [6.07, 6.45) is 2.60. The van der Waals surface area contributed by atoms with Gasteiger partial charge in [0.05, 0.1) is 23.1 Å². The van der Waals surface area contributed by atoms with Crippen LogP contribution in [-0.4, -0.2) is 43.0 Å². The number of carbonyl (C=O) groups excluding carboxylic acids is 1. The lowest BCUT2D eigenvalue weighted by Gasteiger charge is -2.17. The Bertz CT molecular complexity index is 1290. The van der Waals surface area contributed by atoms with Crippen LogP contribution in [0.4, 0.5) is 10.2 Å². The summed E-state index contributed by atoms with van der Waals surface area (Å²) in [7, 11) is -4.08. The highest BCUT2D eigenvalue weighted by Gasteiger charge is 2.36. The monoisotopic (exact) mass is 616 g/mol. The second kappa shape index (κ2) is 10.7. The maximum atomic E-state index is 14.6. The minimum Gasteiger partial charge on any atom is -0.364 e. The molecule has 0 amide bonds. The molecule has 0 aliphatic heterocycles. The van der Waals surface area contributed by atoms with E-state index in [0.717, 1.165) is 14.7 Å². The quantitative estimate of drug-likeness (QED) is 0.278. The lowest BCUT2D eigenvalue weighted by Crippen LogP contribution is -2.27. The number of aromatic nitrogens is 2. The molecule has 180 valence electrons. The molecule has 0 radical (unpaired) electrons. The van der Waals surface area contributed by atoms with Crippen molar-refractivity contribution >= 4 is 55.8 Å². The Labute approximate surface area is 214 Å². The highest BCUT2D eigenvalue weighted by molar-refractivity contribution is 14.1. The second-order valence-electron chi connectivity index (χ2n) is 8.12. The lowest BCUT2D eigenvalue weighted by molar-refractivity contribution is 0.104. The van der Waals surface area contributed by atoms with Crippen LogP contribution in [0.3, 0.4) is 0 Å². The predicted octanol–water partition coefficient (Wildman–Crippen LogP) is 3.71. The van der Waals surface area contributed by atoms with Crippen molar-refractivity contribution in [2.45, 2.75) is 31.5 Å². The highest BCUT2D eigenvalue weighted by atomic mass is 127. The van der Waals surface area contributed by atoms with Crippen molar-refractivity contribution in [2.75, 3.05) is 11.9 Å². The maximum Gasteiger partial charge on any atom is 0.333 e. The first-order valence-electron chi connectivity index (χ1n) is 10.4. The second-order valence-corrected chi connectivity index (χ2v) is 11.5. The van der Waals surface area contributed by atoms with Crippen LogP contribution in [0.2, 0.25) is 0 Å². The van der Waals surface area contributed by atoms with Crippen molar-refractivity contribution in [1.29, 1.82) is 0 Å². The van der Waals surface area contributed by atoms with Crippen molar-refractivity contribution in [3.8, 4) is 0 Å². The fourth-order valence-corrected chi connectivity index (χ4v) is 5.81. The first-order valence-corrected chi connectivity index (χ1v) is 13.8.